The Hall–Kier alpha value is -2.73. The number of pyridine rings is 1. The van der Waals surface area contributed by atoms with Gasteiger partial charge < -0.3 is 15.0 Å². The zero-order valence-electron chi connectivity index (χ0n) is 17.5. The lowest BCUT2D eigenvalue weighted by atomic mass is 9.65. The van der Waals surface area contributed by atoms with Crippen LogP contribution in [0.2, 0.25) is 0 Å². The standard InChI is InChI=1S/C24H29N3O3/c1-30-16-15-27-23(29)20-8-4-3-7-19(20)21(24(27)11-5-2-6-12-24)22(28)26-17-18-9-13-25-14-10-18/h3-4,7-10,13-14,21H,2,5-6,11-12,15-17H2,1H3,(H,26,28). The molecule has 1 aliphatic carbocycles. The molecule has 1 unspecified atom stereocenters. The van der Waals surface area contributed by atoms with Gasteiger partial charge in [-0.3, -0.25) is 14.6 Å². The number of methoxy groups -OCH3 is 1. The van der Waals surface area contributed by atoms with Crippen LogP contribution < -0.4 is 5.32 Å². The van der Waals surface area contributed by atoms with E-state index in [9.17, 15) is 9.59 Å². The van der Waals surface area contributed by atoms with Gasteiger partial charge in [0.25, 0.3) is 5.91 Å². The molecule has 0 radical (unpaired) electrons. The van der Waals surface area contributed by atoms with Crippen molar-refractivity contribution in [3.05, 3.63) is 65.5 Å². The Balaban J connectivity index is 1.72. The van der Waals surface area contributed by atoms with Gasteiger partial charge in [0, 0.05) is 38.2 Å². The van der Waals surface area contributed by atoms with Crippen molar-refractivity contribution in [2.45, 2.75) is 50.1 Å². The van der Waals surface area contributed by atoms with Gasteiger partial charge in [-0.05, 0) is 42.2 Å². The zero-order valence-corrected chi connectivity index (χ0v) is 17.5. The van der Waals surface area contributed by atoms with Crippen LogP contribution in [-0.2, 0) is 16.1 Å². The first-order valence-corrected chi connectivity index (χ1v) is 10.7. The second kappa shape index (κ2) is 8.96. The second-order valence-electron chi connectivity index (χ2n) is 8.21. The minimum atomic E-state index is -0.495. The number of fused-ring (bicyclic) bond motifs is 1. The lowest BCUT2D eigenvalue weighted by molar-refractivity contribution is -0.127. The highest BCUT2D eigenvalue weighted by Crippen LogP contribution is 2.49. The fourth-order valence-electron chi connectivity index (χ4n) is 5.14. The van der Waals surface area contributed by atoms with Crippen LogP contribution in [0.3, 0.4) is 0 Å². The summed E-state index contributed by atoms with van der Waals surface area (Å²) in [6, 6.07) is 11.4. The number of hydrogen-bond donors (Lipinski definition) is 1. The van der Waals surface area contributed by atoms with Gasteiger partial charge in [-0.15, -0.1) is 0 Å². The topological polar surface area (TPSA) is 71.5 Å². The number of hydrogen-bond acceptors (Lipinski definition) is 4. The van der Waals surface area contributed by atoms with E-state index < -0.39 is 5.54 Å². The van der Waals surface area contributed by atoms with E-state index in [4.69, 9.17) is 4.74 Å². The van der Waals surface area contributed by atoms with Crippen molar-refractivity contribution in [2.24, 2.45) is 0 Å². The molecule has 1 saturated carbocycles. The first-order valence-electron chi connectivity index (χ1n) is 10.7. The molecule has 6 nitrogen and oxygen atoms in total. The number of benzene rings is 1. The Morgan fingerprint density at radius 3 is 2.63 bits per heavy atom. The van der Waals surface area contributed by atoms with E-state index in [0.717, 1.165) is 43.2 Å². The van der Waals surface area contributed by atoms with Crippen molar-refractivity contribution in [1.82, 2.24) is 15.2 Å². The van der Waals surface area contributed by atoms with Gasteiger partial charge >= 0.3 is 0 Å². The van der Waals surface area contributed by atoms with Crippen LogP contribution in [0.15, 0.2) is 48.8 Å². The normalized spacial score (nSPS) is 20.1. The largest absolute Gasteiger partial charge is 0.383 e. The molecule has 2 aliphatic rings. The maximum atomic E-state index is 13.6. The fraction of sp³-hybridized carbons (Fsp3) is 0.458. The third kappa shape index (κ3) is 3.72. The molecule has 1 N–H and O–H groups in total. The molecule has 1 aromatic heterocycles. The van der Waals surface area contributed by atoms with Crippen molar-refractivity contribution < 1.29 is 14.3 Å². The van der Waals surface area contributed by atoms with Crippen LogP contribution in [0, 0.1) is 0 Å². The van der Waals surface area contributed by atoms with Crippen molar-refractivity contribution in [3.8, 4) is 0 Å². The molecule has 4 rings (SSSR count). The highest BCUT2D eigenvalue weighted by atomic mass is 16.5. The molecule has 1 spiro atoms. The molecule has 1 atom stereocenters. The van der Waals surface area contributed by atoms with Crippen LogP contribution in [0.25, 0.3) is 0 Å². The molecular weight excluding hydrogens is 378 g/mol. The van der Waals surface area contributed by atoms with E-state index >= 15 is 0 Å². The zero-order chi connectivity index (χ0) is 21.0. The van der Waals surface area contributed by atoms with Gasteiger partial charge in [0.1, 0.15) is 0 Å². The van der Waals surface area contributed by atoms with Gasteiger partial charge in [-0.1, -0.05) is 37.5 Å². The molecule has 2 amide bonds. The fourth-order valence-corrected chi connectivity index (χ4v) is 5.14. The highest BCUT2D eigenvalue weighted by Gasteiger charge is 2.54. The molecule has 1 aromatic carbocycles. The van der Waals surface area contributed by atoms with Crippen LogP contribution in [0.1, 0.15) is 59.5 Å². The summed E-state index contributed by atoms with van der Waals surface area (Å²) in [7, 11) is 1.65. The number of aromatic nitrogens is 1. The minimum absolute atomic E-state index is 0.0164. The molecular formula is C24H29N3O3. The molecule has 6 heteroatoms. The summed E-state index contributed by atoms with van der Waals surface area (Å²) in [6.07, 6.45) is 8.31. The number of amides is 2. The summed E-state index contributed by atoms with van der Waals surface area (Å²) in [6.45, 7) is 1.40. The lowest BCUT2D eigenvalue weighted by Crippen LogP contribution is -2.63. The first kappa shape index (κ1) is 20.5. The lowest BCUT2D eigenvalue weighted by Gasteiger charge is -2.53. The minimum Gasteiger partial charge on any atom is -0.383 e. The third-order valence-corrected chi connectivity index (χ3v) is 6.54. The van der Waals surface area contributed by atoms with E-state index in [1.165, 1.54) is 0 Å². The van der Waals surface area contributed by atoms with Crippen molar-refractivity contribution in [1.29, 1.82) is 0 Å². The number of nitrogens with zero attached hydrogens (tertiary/aromatic N) is 2. The number of carbonyl (C=O) groups excluding carboxylic acids is 2. The number of rotatable bonds is 6. The van der Waals surface area contributed by atoms with Crippen LogP contribution >= 0.6 is 0 Å². The maximum absolute atomic E-state index is 13.6. The Morgan fingerprint density at radius 2 is 1.90 bits per heavy atom. The predicted octanol–water partition coefficient (Wildman–Crippen LogP) is 3.29. The molecule has 2 heterocycles. The van der Waals surface area contributed by atoms with E-state index in [0.29, 0.717) is 25.3 Å². The van der Waals surface area contributed by atoms with E-state index in [1.807, 2.05) is 41.3 Å². The van der Waals surface area contributed by atoms with Crippen LogP contribution in [0.4, 0.5) is 0 Å². The van der Waals surface area contributed by atoms with Gasteiger partial charge in [0.05, 0.1) is 18.1 Å². The van der Waals surface area contributed by atoms with Gasteiger partial charge in [0.15, 0.2) is 0 Å². The average Bonchev–Trinajstić information content (AvgIpc) is 2.79. The number of carbonyl (C=O) groups is 2. The summed E-state index contributed by atoms with van der Waals surface area (Å²) in [5, 5.41) is 3.14. The molecule has 158 valence electrons. The van der Waals surface area contributed by atoms with E-state index in [-0.39, 0.29) is 17.7 Å². The maximum Gasteiger partial charge on any atom is 0.254 e. The Morgan fingerprint density at radius 1 is 1.17 bits per heavy atom. The van der Waals surface area contributed by atoms with Crippen molar-refractivity contribution >= 4 is 11.8 Å². The molecule has 30 heavy (non-hydrogen) atoms. The van der Waals surface area contributed by atoms with Crippen LogP contribution in [0.5, 0.6) is 0 Å². The summed E-state index contributed by atoms with van der Waals surface area (Å²) >= 11 is 0. The van der Waals surface area contributed by atoms with Crippen molar-refractivity contribution in [2.75, 3.05) is 20.3 Å². The predicted molar refractivity (Wildman–Crippen MR) is 114 cm³/mol. The number of ether oxygens (including phenoxy) is 1. The summed E-state index contributed by atoms with van der Waals surface area (Å²) < 4.78 is 5.32. The molecule has 0 saturated heterocycles. The summed E-state index contributed by atoms with van der Waals surface area (Å²) in [5.74, 6) is -0.385. The van der Waals surface area contributed by atoms with Gasteiger partial charge in [-0.2, -0.15) is 0 Å². The van der Waals surface area contributed by atoms with Crippen molar-refractivity contribution in [3.63, 3.8) is 0 Å². The third-order valence-electron chi connectivity index (χ3n) is 6.54. The Kier molecular flexibility index (Phi) is 6.13. The van der Waals surface area contributed by atoms with Crippen LogP contribution in [-0.4, -0.2) is 47.5 Å². The Bertz CT molecular complexity index is 894. The molecule has 1 aliphatic heterocycles. The van der Waals surface area contributed by atoms with Gasteiger partial charge in [-0.25, -0.2) is 0 Å². The Labute approximate surface area is 177 Å². The van der Waals surface area contributed by atoms with E-state index in [2.05, 4.69) is 10.3 Å². The highest BCUT2D eigenvalue weighted by molar-refractivity contribution is 6.02. The summed E-state index contributed by atoms with van der Waals surface area (Å²) in [5.41, 5.74) is 2.00. The average molecular weight is 408 g/mol. The second-order valence-corrected chi connectivity index (χ2v) is 8.21. The number of nitrogens with one attached hydrogen (secondary N) is 1. The molecule has 0 bridgehead atoms. The monoisotopic (exact) mass is 407 g/mol. The summed E-state index contributed by atoms with van der Waals surface area (Å²) in [4.78, 5) is 33.1. The molecule has 2 aromatic rings. The first-order chi connectivity index (χ1) is 14.7. The van der Waals surface area contributed by atoms with E-state index in [1.54, 1.807) is 19.5 Å². The quantitative estimate of drug-likeness (QED) is 0.798. The molecule has 1 fully saturated rings. The smallest absolute Gasteiger partial charge is 0.254 e. The SMILES string of the molecule is COCCN1C(=O)c2ccccc2C(C(=O)NCc2ccncc2)C12CCCCC2. The van der Waals surface area contributed by atoms with Gasteiger partial charge in [0.2, 0.25) is 5.91 Å².